The molecular weight excluding hydrogens is 404 g/mol. The zero-order valence-corrected chi connectivity index (χ0v) is 16.8. The van der Waals surface area contributed by atoms with Crippen molar-refractivity contribution in [3.63, 3.8) is 0 Å². The zero-order chi connectivity index (χ0) is 21.3. The molecular formula is C22H18N2O5S. The van der Waals surface area contributed by atoms with Crippen molar-refractivity contribution in [2.24, 2.45) is 0 Å². The van der Waals surface area contributed by atoms with Crippen LogP contribution < -0.4 is 15.7 Å². The van der Waals surface area contributed by atoms with Crippen LogP contribution in [0.25, 0.3) is 21.7 Å². The summed E-state index contributed by atoms with van der Waals surface area (Å²) in [5.74, 6) is -0.245. The number of nitrogens with one attached hydrogen (secondary N) is 2. The number of anilines is 1. The predicted molar refractivity (Wildman–Crippen MR) is 115 cm³/mol. The third-order valence-electron chi connectivity index (χ3n) is 4.65. The van der Waals surface area contributed by atoms with Gasteiger partial charge in [0, 0.05) is 30.6 Å². The summed E-state index contributed by atoms with van der Waals surface area (Å²) in [5, 5.41) is 5.10. The molecule has 0 spiro atoms. The van der Waals surface area contributed by atoms with Gasteiger partial charge in [-0.3, -0.25) is 4.79 Å². The number of sulfonamides is 1. The first-order chi connectivity index (χ1) is 14.3. The Morgan fingerprint density at radius 3 is 2.47 bits per heavy atom. The van der Waals surface area contributed by atoms with Gasteiger partial charge in [0.2, 0.25) is 15.9 Å². The molecule has 0 saturated heterocycles. The molecule has 1 heterocycles. The van der Waals surface area contributed by atoms with E-state index in [0.717, 1.165) is 10.8 Å². The molecule has 0 unspecified atom stereocenters. The lowest BCUT2D eigenvalue weighted by molar-refractivity contribution is -0.114. The number of amides is 1. The maximum Gasteiger partial charge on any atom is 0.336 e. The van der Waals surface area contributed by atoms with Crippen LogP contribution in [0.4, 0.5) is 5.69 Å². The quantitative estimate of drug-likeness (QED) is 0.379. The van der Waals surface area contributed by atoms with Gasteiger partial charge >= 0.3 is 5.63 Å². The lowest BCUT2D eigenvalue weighted by Crippen LogP contribution is -2.24. The molecule has 152 valence electrons. The molecule has 7 nitrogen and oxygen atoms in total. The van der Waals surface area contributed by atoms with Crippen LogP contribution in [0.2, 0.25) is 0 Å². The van der Waals surface area contributed by atoms with E-state index in [4.69, 9.17) is 4.42 Å². The number of fused-ring (bicyclic) bond motifs is 3. The number of carbonyl (C=O) groups is 1. The van der Waals surface area contributed by atoms with Crippen LogP contribution in [-0.4, -0.2) is 14.3 Å². The van der Waals surface area contributed by atoms with Crippen LogP contribution >= 0.6 is 0 Å². The van der Waals surface area contributed by atoms with Crippen molar-refractivity contribution >= 4 is 43.4 Å². The average Bonchev–Trinajstić information content (AvgIpc) is 2.71. The van der Waals surface area contributed by atoms with Crippen molar-refractivity contribution in [3.05, 3.63) is 82.7 Å². The van der Waals surface area contributed by atoms with Gasteiger partial charge < -0.3 is 9.73 Å². The van der Waals surface area contributed by atoms with E-state index < -0.39 is 15.6 Å². The SMILES string of the molecule is CC(=O)Nc1ccc(S(=O)(=O)NCc2cc(=O)oc3ccc4ccccc4c23)cc1. The fourth-order valence-corrected chi connectivity index (χ4v) is 4.34. The maximum absolute atomic E-state index is 12.7. The van der Waals surface area contributed by atoms with Crippen LogP contribution in [0.1, 0.15) is 12.5 Å². The first-order valence-corrected chi connectivity index (χ1v) is 10.6. The van der Waals surface area contributed by atoms with E-state index in [9.17, 15) is 18.0 Å². The first kappa shape index (κ1) is 19.8. The summed E-state index contributed by atoms with van der Waals surface area (Å²) in [6.45, 7) is 1.29. The summed E-state index contributed by atoms with van der Waals surface area (Å²) in [7, 11) is -3.83. The summed E-state index contributed by atoms with van der Waals surface area (Å²) < 4.78 is 33.3. The highest BCUT2D eigenvalue weighted by Gasteiger charge is 2.16. The van der Waals surface area contributed by atoms with E-state index in [1.807, 2.05) is 30.3 Å². The van der Waals surface area contributed by atoms with Crippen LogP contribution in [-0.2, 0) is 21.4 Å². The lowest BCUT2D eigenvalue weighted by Gasteiger charge is -2.11. The van der Waals surface area contributed by atoms with Crippen molar-refractivity contribution in [2.45, 2.75) is 18.4 Å². The van der Waals surface area contributed by atoms with Crippen molar-refractivity contribution in [2.75, 3.05) is 5.32 Å². The molecule has 4 rings (SSSR count). The van der Waals surface area contributed by atoms with Gasteiger partial charge in [-0.15, -0.1) is 0 Å². The van der Waals surface area contributed by atoms with Gasteiger partial charge in [0.15, 0.2) is 0 Å². The highest BCUT2D eigenvalue weighted by Crippen LogP contribution is 2.27. The molecule has 0 fully saturated rings. The third kappa shape index (κ3) is 3.96. The molecule has 0 aliphatic heterocycles. The molecule has 1 amide bonds. The number of rotatable bonds is 5. The molecule has 0 aliphatic rings. The Bertz CT molecular complexity index is 1420. The van der Waals surface area contributed by atoms with Gasteiger partial charge in [-0.05, 0) is 46.7 Å². The van der Waals surface area contributed by atoms with Crippen LogP contribution in [0, 0.1) is 0 Å². The van der Waals surface area contributed by atoms with Crippen molar-refractivity contribution in [1.29, 1.82) is 0 Å². The normalized spacial score (nSPS) is 11.6. The Hall–Kier alpha value is -3.49. The van der Waals surface area contributed by atoms with E-state index in [-0.39, 0.29) is 17.3 Å². The minimum atomic E-state index is -3.83. The van der Waals surface area contributed by atoms with E-state index in [1.54, 1.807) is 6.07 Å². The summed E-state index contributed by atoms with van der Waals surface area (Å²) in [6, 6.07) is 18.3. The molecule has 2 N–H and O–H groups in total. The first-order valence-electron chi connectivity index (χ1n) is 9.15. The van der Waals surface area contributed by atoms with Crippen LogP contribution in [0.3, 0.4) is 0 Å². The fourth-order valence-electron chi connectivity index (χ4n) is 3.34. The Kier molecular flexibility index (Phi) is 5.11. The monoisotopic (exact) mass is 422 g/mol. The minimum Gasteiger partial charge on any atom is -0.423 e. The topological polar surface area (TPSA) is 105 Å². The van der Waals surface area contributed by atoms with Gasteiger partial charge in [-0.25, -0.2) is 17.9 Å². The molecule has 1 aromatic heterocycles. The Morgan fingerprint density at radius 1 is 1.00 bits per heavy atom. The van der Waals surface area contributed by atoms with E-state index >= 15 is 0 Å². The Morgan fingerprint density at radius 2 is 1.73 bits per heavy atom. The summed E-state index contributed by atoms with van der Waals surface area (Å²) >= 11 is 0. The lowest BCUT2D eigenvalue weighted by atomic mass is 10.0. The number of benzene rings is 3. The largest absolute Gasteiger partial charge is 0.423 e. The van der Waals surface area contributed by atoms with Gasteiger partial charge in [-0.1, -0.05) is 30.3 Å². The van der Waals surface area contributed by atoms with Crippen LogP contribution in [0.15, 0.2) is 80.8 Å². The maximum atomic E-state index is 12.7. The highest BCUT2D eigenvalue weighted by atomic mass is 32.2. The number of hydrogen-bond donors (Lipinski definition) is 2. The second-order valence-corrected chi connectivity index (χ2v) is 8.55. The van der Waals surface area contributed by atoms with Gasteiger partial charge in [0.1, 0.15) is 5.58 Å². The summed E-state index contributed by atoms with van der Waals surface area (Å²) in [5.41, 5.74) is 0.873. The summed E-state index contributed by atoms with van der Waals surface area (Å²) in [6.07, 6.45) is 0. The predicted octanol–water partition coefficient (Wildman–Crippen LogP) is 3.38. The zero-order valence-electron chi connectivity index (χ0n) is 16.0. The minimum absolute atomic E-state index is 0.0498. The average molecular weight is 422 g/mol. The second-order valence-electron chi connectivity index (χ2n) is 6.78. The van der Waals surface area contributed by atoms with Crippen molar-refractivity contribution in [1.82, 2.24) is 4.72 Å². The Labute approximate surface area is 172 Å². The molecule has 3 aromatic carbocycles. The van der Waals surface area contributed by atoms with Crippen molar-refractivity contribution in [3.8, 4) is 0 Å². The van der Waals surface area contributed by atoms with Gasteiger partial charge in [0.05, 0.1) is 4.90 Å². The second kappa shape index (κ2) is 7.74. The van der Waals surface area contributed by atoms with E-state index in [0.29, 0.717) is 22.2 Å². The van der Waals surface area contributed by atoms with Crippen LogP contribution in [0.5, 0.6) is 0 Å². The molecule has 0 atom stereocenters. The fraction of sp³-hybridized carbons (Fsp3) is 0.0909. The molecule has 0 aliphatic carbocycles. The third-order valence-corrected chi connectivity index (χ3v) is 6.07. The smallest absolute Gasteiger partial charge is 0.336 e. The van der Waals surface area contributed by atoms with Gasteiger partial charge in [0.25, 0.3) is 0 Å². The van der Waals surface area contributed by atoms with Gasteiger partial charge in [-0.2, -0.15) is 0 Å². The molecule has 4 aromatic rings. The highest BCUT2D eigenvalue weighted by molar-refractivity contribution is 7.89. The Balaban J connectivity index is 1.68. The molecule has 0 radical (unpaired) electrons. The molecule has 0 bridgehead atoms. The standard InChI is InChI=1S/C22H18N2O5S/c1-14(25)24-17-7-9-18(10-8-17)30(27,28)23-13-16-12-21(26)29-20-11-6-15-4-2-3-5-19(15)22(16)20/h2-12,23H,13H2,1H3,(H,24,25). The summed E-state index contributed by atoms with van der Waals surface area (Å²) in [4.78, 5) is 23.1. The van der Waals surface area contributed by atoms with E-state index in [2.05, 4.69) is 10.0 Å². The number of hydrogen-bond acceptors (Lipinski definition) is 5. The molecule has 8 heteroatoms. The van der Waals surface area contributed by atoms with E-state index in [1.165, 1.54) is 37.3 Å². The number of carbonyl (C=O) groups excluding carboxylic acids is 1. The molecule has 0 saturated carbocycles. The van der Waals surface area contributed by atoms with Crippen molar-refractivity contribution < 1.29 is 17.6 Å². The molecule has 30 heavy (non-hydrogen) atoms.